The van der Waals surface area contributed by atoms with Crippen LogP contribution in [0.2, 0.25) is 0 Å². The van der Waals surface area contributed by atoms with E-state index in [1.165, 1.54) is 5.69 Å². The number of nitrogens with one attached hydrogen (secondary N) is 2. The van der Waals surface area contributed by atoms with Crippen LogP contribution in [0.25, 0.3) is 0 Å². The number of hydrogen-bond acceptors (Lipinski definition) is 5. The van der Waals surface area contributed by atoms with Crippen LogP contribution in [0, 0.1) is 5.92 Å². The monoisotopic (exact) mass is 365 g/mol. The molecule has 142 valence electrons. The SMILES string of the molecule is CN1CCN(c2ccc(Nc3ccc(NC(=O)C4CCC4)nc3)cc2)CC1. The second-order valence-electron chi connectivity index (χ2n) is 7.51. The number of aromatic nitrogens is 1. The van der Waals surface area contributed by atoms with Crippen molar-refractivity contribution in [3.63, 3.8) is 0 Å². The molecule has 0 radical (unpaired) electrons. The fraction of sp³-hybridized carbons (Fsp3) is 0.429. The van der Waals surface area contributed by atoms with Gasteiger partial charge in [0, 0.05) is 43.5 Å². The Balaban J connectivity index is 1.32. The summed E-state index contributed by atoms with van der Waals surface area (Å²) in [5.74, 6) is 0.875. The molecule has 6 heteroatoms. The van der Waals surface area contributed by atoms with Crippen LogP contribution in [0.1, 0.15) is 19.3 Å². The van der Waals surface area contributed by atoms with Gasteiger partial charge in [0.05, 0.1) is 11.9 Å². The van der Waals surface area contributed by atoms with Crippen molar-refractivity contribution in [3.05, 3.63) is 42.6 Å². The van der Waals surface area contributed by atoms with Gasteiger partial charge in [-0.25, -0.2) is 4.98 Å². The van der Waals surface area contributed by atoms with E-state index in [1.807, 2.05) is 12.1 Å². The van der Waals surface area contributed by atoms with Gasteiger partial charge in [0.15, 0.2) is 0 Å². The third-order valence-corrected chi connectivity index (χ3v) is 5.52. The highest BCUT2D eigenvalue weighted by Gasteiger charge is 2.25. The third-order valence-electron chi connectivity index (χ3n) is 5.52. The molecular formula is C21H27N5O. The number of rotatable bonds is 5. The summed E-state index contributed by atoms with van der Waals surface area (Å²) in [6.07, 6.45) is 4.90. The van der Waals surface area contributed by atoms with Gasteiger partial charge in [0.1, 0.15) is 5.82 Å². The van der Waals surface area contributed by atoms with Crippen molar-refractivity contribution < 1.29 is 4.79 Å². The Bertz CT molecular complexity index is 762. The number of benzene rings is 1. The smallest absolute Gasteiger partial charge is 0.228 e. The fourth-order valence-electron chi connectivity index (χ4n) is 3.43. The van der Waals surface area contributed by atoms with Gasteiger partial charge in [-0.15, -0.1) is 0 Å². The van der Waals surface area contributed by atoms with Gasteiger partial charge in [0.2, 0.25) is 5.91 Å². The zero-order chi connectivity index (χ0) is 18.6. The molecule has 1 aromatic carbocycles. The van der Waals surface area contributed by atoms with Gasteiger partial charge in [-0.3, -0.25) is 4.79 Å². The quantitative estimate of drug-likeness (QED) is 0.851. The molecule has 27 heavy (non-hydrogen) atoms. The molecule has 1 saturated carbocycles. The van der Waals surface area contributed by atoms with E-state index in [1.54, 1.807) is 6.20 Å². The summed E-state index contributed by atoms with van der Waals surface area (Å²) >= 11 is 0. The zero-order valence-corrected chi connectivity index (χ0v) is 15.8. The second-order valence-corrected chi connectivity index (χ2v) is 7.51. The van der Waals surface area contributed by atoms with Crippen LogP contribution in [0.4, 0.5) is 22.9 Å². The number of pyridine rings is 1. The Morgan fingerprint density at radius 3 is 2.30 bits per heavy atom. The fourth-order valence-corrected chi connectivity index (χ4v) is 3.43. The summed E-state index contributed by atoms with van der Waals surface area (Å²) in [5.41, 5.74) is 3.20. The molecule has 4 rings (SSSR count). The van der Waals surface area contributed by atoms with E-state index in [0.29, 0.717) is 5.82 Å². The van der Waals surface area contributed by atoms with Gasteiger partial charge < -0.3 is 20.4 Å². The molecule has 1 aliphatic carbocycles. The predicted molar refractivity (Wildman–Crippen MR) is 110 cm³/mol. The summed E-state index contributed by atoms with van der Waals surface area (Å²) in [7, 11) is 2.17. The minimum atomic E-state index is 0.0916. The van der Waals surface area contributed by atoms with Crippen molar-refractivity contribution in [3.8, 4) is 0 Å². The molecular weight excluding hydrogens is 338 g/mol. The van der Waals surface area contributed by atoms with Crippen LogP contribution in [0.3, 0.4) is 0 Å². The summed E-state index contributed by atoms with van der Waals surface area (Å²) in [5, 5.41) is 6.26. The first-order chi connectivity index (χ1) is 13.2. The average Bonchev–Trinajstić information content (AvgIpc) is 2.63. The van der Waals surface area contributed by atoms with E-state index in [-0.39, 0.29) is 11.8 Å². The minimum Gasteiger partial charge on any atom is -0.369 e. The van der Waals surface area contributed by atoms with Gasteiger partial charge in [-0.1, -0.05) is 6.42 Å². The van der Waals surface area contributed by atoms with Crippen molar-refractivity contribution in [1.29, 1.82) is 0 Å². The Morgan fingerprint density at radius 1 is 1.00 bits per heavy atom. The van der Waals surface area contributed by atoms with Crippen molar-refractivity contribution in [2.45, 2.75) is 19.3 Å². The van der Waals surface area contributed by atoms with Gasteiger partial charge in [-0.2, -0.15) is 0 Å². The van der Waals surface area contributed by atoms with E-state index in [4.69, 9.17) is 0 Å². The highest BCUT2D eigenvalue weighted by molar-refractivity contribution is 5.92. The first-order valence-electron chi connectivity index (χ1n) is 9.75. The molecule has 1 aliphatic heterocycles. The molecule has 0 bridgehead atoms. The standard InChI is InChI=1S/C21H27N5O/c1-25-11-13-26(14-12-25)19-8-5-17(6-9-19)23-18-7-10-20(22-15-18)24-21(27)16-3-2-4-16/h5-10,15-16,23H,2-4,11-14H2,1H3,(H,22,24,27). The van der Waals surface area contributed by atoms with E-state index in [9.17, 15) is 4.79 Å². The van der Waals surface area contributed by atoms with E-state index in [0.717, 1.165) is 56.8 Å². The molecule has 2 fully saturated rings. The molecule has 0 unspecified atom stereocenters. The Labute approximate surface area is 160 Å². The first-order valence-corrected chi connectivity index (χ1v) is 9.75. The summed E-state index contributed by atoms with van der Waals surface area (Å²) in [4.78, 5) is 21.1. The molecule has 0 atom stereocenters. The Kier molecular flexibility index (Phi) is 5.25. The van der Waals surface area contributed by atoms with Crippen LogP contribution in [0.5, 0.6) is 0 Å². The number of carbonyl (C=O) groups is 1. The molecule has 1 amide bonds. The number of likely N-dealkylation sites (N-methyl/N-ethyl adjacent to an activating group) is 1. The van der Waals surface area contributed by atoms with Gasteiger partial charge in [-0.05, 0) is 56.3 Å². The van der Waals surface area contributed by atoms with Crippen LogP contribution >= 0.6 is 0 Å². The lowest BCUT2D eigenvalue weighted by Gasteiger charge is -2.34. The van der Waals surface area contributed by atoms with Crippen LogP contribution in [-0.4, -0.2) is 49.0 Å². The number of amides is 1. The van der Waals surface area contributed by atoms with E-state index < -0.39 is 0 Å². The normalized spacial score (nSPS) is 18.0. The summed E-state index contributed by atoms with van der Waals surface area (Å²) in [6, 6.07) is 12.3. The predicted octanol–water partition coefficient (Wildman–Crippen LogP) is 3.32. The molecule has 6 nitrogen and oxygen atoms in total. The lowest BCUT2D eigenvalue weighted by molar-refractivity contribution is -0.122. The molecule has 2 aromatic rings. The Hall–Kier alpha value is -2.60. The number of hydrogen-bond donors (Lipinski definition) is 2. The highest BCUT2D eigenvalue weighted by atomic mass is 16.2. The van der Waals surface area contributed by atoms with E-state index >= 15 is 0 Å². The summed E-state index contributed by atoms with van der Waals surface area (Å²) in [6.45, 7) is 4.35. The molecule has 1 saturated heterocycles. The van der Waals surface area contributed by atoms with Crippen LogP contribution in [-0.2, 0) is 4.79 Å². The largest absolute Gasteiger partial charge is 0.369 e. The van der Waals surface area contributed by atoms with Crippen molar-refractivity contribution >= 4 is 28.8 Å². The molecule has 0 spiro atoms. The zero-order valence-electron chi connectivity index (χ0n) is 15.8. The average molecular weight is 365 g/mol. The molecule has 2 N–H and O–H groups in total. The van der Waals surface area contributed by atoms with Gasteiger partial charge in [0.25, 0.3) is 0 Å². The summed E-state index contributed by atoms with van der Waals surface area (Å²) < 4.78 is 0. The van der Waals surface area contributed by atoms with E-state index in [2.05, 4.69) is 56.7 Å². The van der Waals surface area contributed by atoms with Crippen LogP contribution < -0.4 is 15.5 Å². The second kappa shape index (κ2) is 7.96. The molecule has 2 heterocycles. The number of anilines is 4. The topological polar surface area (TPSA) is 60.5 Å². The van der Waals surface area contributed by atoms with Crippen molar-refractivity contribution in [2.24, 2.45) is 5.92 Å². The highest BCUT2D eigenvalue weighted by Crippen LogP contribution is 2.27. The maximum atomic E-state index is 12.0. The maximum Gasteiger partial charge on any atom is 0.228 e. The Morgan fingerprint density at radius 2 is 1.70 bits per heavy atom. The lowest BCUT2D eigenvalue weighted by atomic mass is 9.85. The lowest BCUT2D eigenvalue weighted by Crippen LogP contribution is -2.44. The number of nitrogens with zero attached hydrogens (tertiary/aromatic N) is 3. The first kappa shape index (κ1) is 17.8. The number of carbonyl (C=O) groups excluding carboxylic acids is 1. The maximum absolute atomic E-state index is 12.0. The van der Waals surface area contributed by atoms with Crippen molar-refractivity contribution in [2.75, 3.05) is 48.8 Å². The molecule has 2 aliphatic rings. The molecule has 1 aromatic heterocycles. The minimum absolute atomic E-state index is 0.0916. The third kappa shape index (κ3) is 4.39. The van der Waals surface area contributed by atoms with Gasteiger partial charge >= 0.3 is 0 Å². The number of piperazine rings is 1. The van der Waals surface area contributed by atoms with Crippen LogP contribution in [0.15, 0.2) is 42.6 Å². The van der Waals surface area contributed by atoms with Crippen molar-refractivity contribution in [1.82, 2.24) is 9.88 Å².